The Kier molecular flexibility index (Phi) is 4.82. The van der Waals surface area contributed by atoms with Crippen LogP contribution in [0.3, 0.4) is 0 Å². The number of piperidine rings is 1. The number of nitrogens with zero attached hydrogens (tertiary/aromatic N) is 1. The molecule has 7 heteroatoms. The van der Waals surface area contributed by atoms with Crippen LogP contribution in [0.4, 0.5) is 10.1 Å². The Morgan fingerprint density at radius 2 is 1.76 bits per heavy atom. The summed E-state index contributed by atoms with van der Waals surface area (Å²) in [5.41, 5.74) is 0.771. The van der Waals surface area contributed by atoms with Crippen LogP contribution in [0.25, 0.3) is 0 Å². The Bertz CT molecular complexity index is 982. The van der Waals surface area contributed by atoms with Crippen molar-refractivity contribution in [3.63, 3.8) is 0 Å². The molecule has 1 fully saturated rings. The van der Waals surface area contributed by atoms with Crippen molar-refractivity contribution in [1.29, 1.82) is 0 Å². The SMILES string of the molecule is O=C1CCc2cc(C(=O)N3CCC(C(=O)O)(c4ccccc4)CC3)c(F)cc2N1. The number of carboxylic acids is 1. The van der Waals surface area contributed by atoms with Gasteiger partial charge in [0.2, 0.25) is 5.91 Å². The first-order valence-corrected chi connectivity index (χ1v) is 9.61. The van der Waals surface area contributed by atoms with Gasteiger partial charge in [0.25, 0.3) is 5.91 Å². The summed E-state index contributed by atoms with van der Waals surface area (Å²) in [5, 5.41) is 12.5. The fourth-order valence-corrected chi connectivity index (χ4v) is 4.21. The summed E-state index contributed by atoms with van der Waals surface area (Å²) in [6, 6.07) is 11.7. The zero-order valence-electron chi connectivity index (χ0n) is 15.8. The molecule has 0 aliphatic carbocycles. The van der Waals surface area contributed by atoms with Crippen LogP contribution in [0.2, 0.25) is 0 Å². The summed E-state index contributed by atoms with van der Waals surface area (Å²) >= 11 is 0. The molecule has 150 valence electrons. The Morgan fingerprint density at radius 3 is 2.41 bits per heavy atom. The van der Waals surface area contributed by atoms with Crippen molar-refractivity contribution in [2.45, 2.75) is 31.1 Å². The van der Waals surface area contributed by atoms with Crippen molar-refractivity contribution in [2.75, 3.05) is 18.4 Å². The van der Waals surface area contributed by atoms with Crippen LogP contribution in [0.5, 0.6) is 0 Å². The molecule has 0 spiro atoms. The van der Waals surface area contributed by atoms with Crippen molar-refractivity contribution in [1.82, 2.24) is 4.90 Å². The number of amides is 2. The Labute approximate surface area is 167 Å². The molecule has 2 N–H and O–H groups in total. The zero-order chi connectivity index (χ0) is 20.6. The molecule has 0 bridgehead atoms. The van der Waals surface area contributed by atoms with Crippen LogP contribution < -0.4 is 5.32 Å². The van der Waals surface area contributed by atoms with Gasteiger partial charge in [-0.15, -0.1) is 0 Å². The zero-order valence-corrected chi connectivity index (χ0v) is 15.8. The van der Waals surface area contributed by atoms with E-state index in [0.29, 0.717) is 18.5 Å². The normalized spacial score (nSPS) is 18.0. The maximum Gasteiger partial charge on any atom is 0.314 e. The van der Waals surface area contributed by atoms with Crippen LogP contribution in [0.15, 0.2) is 42.5 Å². The van der Waals surface area contributed by atoms with Gasteiger partial charge in [-0.2, -0.15) is 0 Å². The maximum atomic E-state index is 14.6. The molecular weight excluding hydrogens is 375 g/mol. The lowest BCUT2D eigenvalue weighted by atomic mass is 9.72. The molecule has 2 aromatic carbocycles. The minimum atomic E-state index is -1.04. The molecule has 2 heterocycles. The van der Waals surface area contributed by atoms with E-state index in [1.807, 2.05) is 6.07 Å². The Balaban J connectivity index is 1.55. The predicted molar refractivity (Wildman–Crippen MR) is 104 cm³/mol. The number of hydrogen-bond acceptors (Lipinski definition) is 3. The van der Waals surface area contributed by atoms with Crippen LogP contribution in [-0.4, -0.2) is 40.9 Å². The van der Waals surface area contributed by atoms with Crippen molar-refractivity contribution >= 4 is 23.5 Å². The molecule has 0 saturated carbocycles. The minimum absolute atomic E-state index is 0.0394. The second-order valence-electron chi connectivity index (χ2n) is 7.58. The maximum absolute atomic E-state index is 14.6. The summed E-state index contributed by atoms with van der Waals surface area (Å²) in [7, 11) is 0. The third-order valence-electron chi connectivity index (χ3n) is 5.96. The van der Waals surface area contributed by atoms with Crippen LogP contribution in [0.1, 0.15) is 40.7 Å². The van der Waals surface area contributed by atoms with Crippen molar-refractivity contribution in [3.05, 3.63) is 65.0 Å². The van der Waals surface area contributed by atoms with E-state index in [1.54, 1.807) is 24.3 Å². The standard InChI is InChI=1S/C22H21FN2O4/c23-17-13-18-14(6-7-19(26)24-18)12-16(17)20(27)25-10-8-22(9-11-25,21(28)29)15-4-2-1-3-5-15/h1-5,12-13H,6-11H2,(H,24,26)(H,28,29). The van der Waals surface area contributed by atoms with Crippen molar-refractivity contribution < 1.29 is 23.9 Å². The highest BCUT2D eigenvalue weighted by molar-refractivity contribution is 5.98. The number of benzene rings is 2. The lowest BCUT2D eigenvalue weighted by Gasteiger charge is -2.39. The van der Waals surface area contributed by atoms with Gasteiger partial charge in [-0.25, -0.2) is 4.39 Å². The Hall–Kier alpha value is -3.22. The number of fused-ring (bicyclic) bond motifs is 1. The van der Waals surface area contributed by atoms with E-state index in [1.165, 1.54) is 17.0 Å². The smallest absolute Gasteiger partial charge is 0.314 e. The summed E-state index contributed by atoms with van der Waals surface area (Å²) in [6.45, 7) is 0.459. The summed E-state index contributed by atoms with van der Waals surface area (Å²) in [5.74, 6) is -2.22. The van der Waals surface area contributed by atoms with E-state index in [9.17, 15) is 23.9 Å². The van der Waals surface area contributed by atoms with Gasteiger partial charge in [0, 0.05) is 25.2 Å². The number of aliphatic carboxylic acids is 1. The molecule has 4 rings (SSSR count). The lowest BCUT2D eigenvalue weighted by Crippen LogP contribution is -2.49. The highest BCUT2D eigenvalue weighted by atomic mass is 19.1. The molecule has 29 heavy (non-hydrogen) atoms. The number of carboxylic acid groups (broad SMARTS) is 1. The molecule has 2 aromatic rings. The molecule has 1 saturated heterocycles. The quantitative estimate of drug-likeness (QED) is 0.835. The van der Waals surface area contributed by atoms with Crippen molar-refractivity contribution in [3.8, 4) is 0 Å². The van der Waals surface area contributed by atoms with Gasteiger partial charge in [-0.3, -0.25) is 14.4 Å². The fraction of sp³-hybridized carbons (Fsp3) is 0.318. The molecule has 2 aliphatic rings. The van der Waals surface area contributed by atoms with E-state index in [2.05, 4.69) is 5.32 Å². The van der Waals surface area contributed by atoms with Gasteiger partial charge in [0.1, 0.15) is 5.82 Å². The number of carbonyl (C=O) groups is 3. The van der Waals surface area contributed by atoms with Crippen molar-refractivity contribution in [2.24, 2.45) is 0 Å². The summed E-state index contributed by atoms with van der Waals surface area (Å²) in [6.07, 6.45) is 1.29. The monoisotopic (exact) mass is 396 g/mol. The summed E-state index contributed by atoms with van der Waals surface area (Å²) < 4.78 is 14.6. The topological polar surface area (TPSA) is 86.7 Å². The minimum Gasteiger partial charge on any atom is -0.481 e. The molecular formula is C22H21FN2O4. The van der Waals surface area contributed by atoms with E-state index >= 15 is 0 Å². The van der Waals surface area contributed by atoms with Gasteiger partial charge in [0.05, 0.1) is 11.0 Å². The van der Waals surface area contributed by atoms with E-state index < -0.39 is 23.1 Å². The Morgan fingerprint density at radius 1 is 1.07 bits per heavy atom. The molecule has 0 unspecified atom stereocenters. The van der Waals surface area contributed by atoms with Gasteiger partial charge >= 0.3 is 5.97 Å². The highest BCUT2D eigenvalue weighted by Gasteiger charge is 2.44. The first-order chi connectivity index (χ1) is 13.9. The number of rotatable bonds is 3. The van der Waals surface area contributed by atoms with Crippen LogP contribution in [0, 0.1) is 5.82 Å². The first-order valence-electron chi connectivity index (χ1n) is 9.61. The molecule has 6 nitrogen and oxygen atoms in total. The predicted octanol–water partition coefficient (Wildman–Crippen LogP) is 2.97. The third kappa shape index (κ3) is 3.37. The number of nitrogens with one attached hydrogen (secondary N) is 1. The first kappa shape index (κ1) is 19.1. The third-order valence-corrected chi connectivity index (χ3v) is 5.96. The molecule has 0 aromatic heterocycles. The molecule has 0 radical (unpaired) electrons. The average molecular weight is 396 g/mol. The van der Waals surface area contributed by atoms with Gasteiger partial charge in [-0.05, 0) is 42.5 Å². The van der Waals surface area contributed by atoms with Crippen LogP contribution in [-0.2, 0) is 21.4 Å². The van der Waals surface area contributed by atoms with Gasteiger partial charge in [-0.1, -0.05) is 30.3 Å². The highest BCUT2D eigenvalue weighted by Crippen LogP contribution is 2.36. The fourth-order valence-electron chi connectivity index (χ4n) is 4.21. The second-order valence-corrected chi connectivity index (χ2v) is 7.58. The average Bonchev–Trinajstić information content (AvgIpc) is 2.73. The number of carbonyl (C=O) groups excluding carboxylic acids is 2. The van der Waals surface area contributed by atoms with Gasteiger partial charge in [0.15, 0.2) is 0 Å². The molecule has 2 aliphatic heterocycles. The number of hydrogen-bond donors (Lipinski definition) is 2. The number of likely N-dealkylation sites (tertiary alicyclic amines) is 1. The van der Waals surface area contributed by atoms with E-state index in [0.717, 1.165) is 11.1 Å². The van der Waals surface area contributed by atoms with Gasteiger partial charge < -0.3 is 15.3 Å². The number of aryl methyl sites for hydroxylation is 1. The lowest BCUT2D eigenvalue weighted by molar-refractivity contribution is -0.145. The summed E-state index contributed by atoms with van der Waals surface area (Å²) in [4.78, 5) is 38.0. The largest absolute Gasteiger partial charge is 0.481 e. The van der Waals surface area contributed by atoms with Crippen LogP contribution >= 0.6 is 0 Å². The molecule has 0 atom stereocenters. The number of halogens is 1. The number of anilines is 1. The second kappa shape index (κ2) is 7.31. The van der Waals surface area contributed by atoms with E-state index in [4.69, 9.17) is 0 Å². The molecule has 2 amide bonds. The van der Waals surface area contributed by atoms with E-state index in [-0.39, 0.29) is 37.4 Å².